The van der Waals surface area contributed by atoms with Crippen LogP contribution in [0.15, 0.2) is 60.8 Å². The number of aromatic nitrogens is 1. The van der Waals surface area contributed by atoms with Crippen molar-refractivity contribution in [3.8, 4) is 0 Å². The first-order chi connectivity index (χ1) is 13.5. The van der Waals surface area contributed by atoms with Crippen molar-refractivity contribution in [2.24, 2.45) is 13.0 Å². The number of carbonyl (C=O) groups is 2. The number of para-hydroxylation sites is 1. The number of carboxylic acids is 1. The number of benzene rings is 2. The molecule has 3 aromatic rings. The molecule has 5 heteroatoms. The minimum Gasteiger partial charge on any atom is -0.481 e. The lowest BCUT2D eigenvalue weighted by Gasteiger charge is -2.16. The zero-order valence-electron chi connectivity index (χ0n) is 15.9. The van der Waals surface area contributed by atoms with Gasteiger partial charge in [0.25, 0.3) is 0 Å². The van der Waals surface area contributed by atoms with Gasteiger partial charge in [-0.15, -0.1) is 0 Å². The number of fused-ring (bicyclic) bond motifs is 1. The van der Waals surface area contributed by atoms with E-state index >= 15 is 0 Å². The summed E-state index contributed by atoms with van der Waals surface area (Å²) in [6.07, 6.45) is 3.13. The second-order valence-electron chi connectivity index (χ2n) is 7.54. The maximum atomic E-state index is 12.8. The molecule has 1 fully saturated rings. The lowest BCUT2D eigenvalue weighted by Crippen LogP contribution is -2.30. The molecule has 1 N–H and O–H groups in total. The number of nitrogens with zero attached hydrogens (tertiary/aromatic N) is 2. The Kier molecular flexibility index (Phi) is 4.90. The molecular weight excluding hydrogens is 352 g/mol. The number of likely N-dealkylation sites (tertiary alicyclic amines) is 1. The van der Waals surface area contributed by atoms with Crippen LogP contribution in [0.25, 0.3) is 10.9 Å². The number of hydrogen-bond donors (Lipinski definition) is 1. The highest BCUT2D eigenvalue weighted by Gasteiger charge is 2.40. The van der Waals surface area contributed by atoms with Gasteiger partial charge in [0, 0.05) is 49.6 Å². The van der Waals surface area contributed by atoms with Crippen LogP contribution in [0.4, 0.5) is 0 Å². The van der Waals surface area contributed by atoms with Crippen LogP contribution < -0.4 is 0 Å². The molecule has 0 spiro atoms. The summed E-state index contributed by atoms with van der Waals surface area (Å²) in [7, 11) is 2.01. The second kappa shape index (κ2) is 7.50. The molecule has 0 aliphatic carbocycles. The van der Waals surface area contributed by atoms with Gasteiger partial charge in [0.2, 0.25) is 5.91 Å². The summed E-state index contributed by atoms with van der Waals surface area (Å²) in [5.41, 5.74) is 3.29. The summed E-state index contributed by atoms with van der Waals surface area (Å²) >= 11 is 0. The summed E-state index contributed by atoms with van der Waals surface area (Å²) < 4.78 is 2.08. The van der Waals surface area contributed by atoms with Gasteiger partial charge >= 0.3 is 5.97 Å². The summed E-state index contributed by atoms with van der Waals surface area (Å²) in [4.78, 5) is 26.3. The van der Waals surface area contributed by atoms with Crippen LogP contribution in [0.2, 0.25) is 0 Å². The van der Waals surface area contributed by atoms with Gasteiger partial charge in [0.1, 0.15) is 0 Å². The van der Waals surface area contributed by atoms with Crippen molar-refractivity contribution in [3.63, 3.8) is 0 Å². The molecule has 2 aromatic carbocycles. The number of aliphatic carboxylic acids is 1. The maximum Gasteiger partial charge on any atom is 0.308 e. The van der Waals surface area contributed by atoms with Crippen molar-refractivity contribution in [1.82, 2.24) is 9.47 Å². The van der Waals surface area contributed by atoms with Gasteiger partial charge in [0.05, 0.1) is 5.92 Å². The Morgan fingerprint density at radius 2 is 1.75 bits per heavy atom. The van der Waals surface area contributed by atoms with E-state index in [1.165, 1.54) is 5.39 Å². The molecule has 5 nitrogen and oxygen atoms in total. The Hall–Kier alpha value is -3.08. The van der Waals surface area contributed by atoms with E-state index in [0.717, 1.165) is 16.6 Å². The van der Waals surface area contributed by atoms with Crippen molar-refractivity contribution in [2.75, 3.05) is 13.1 Å². The third-order valence-electron chi connectivity index (χ3n) is 5.81. The average Bonchev–Trinajstić information content (AvgIpc) is 3.30. The molecule has 144 valence electrons. The predicted molar refractivity (Wildman–Crippen MR) is 108 cm³/mol. The van der Waals surface area contributed by atoms with Crippen LogP contribution in [-0.4, -0.2) is 39.5 Å². The molecular formula is C23H24N2O3. The van der Waals surface area contributed by atoms with Crippen LogP contribution >= 0.6 is 0 Å². The first-order valence-corrected chi connectivity index (χ1v) is 9.63. The number of hydrogen-bond acceptors (Lipinski definition) is 2. The SMILES string of the molecule is Cn1cc(CCC(=O)N2C[C@H](C(=O)O)[C@H](c3ccccc3)C2)c2ccccc21. The highest BCUT2D eigenvalue weighted by Crippen LogP contribution is 2.33. The van der Waals surface area contributed by atoms with Crippen molar-refractivity contribution in [2.45, 2.75) is 18.8 Å². The van der Waals surface area contributed by atoms with E-state index in [0.29, 0.717) is 19.4 Å². The monoisotopic (exact) mass is 376 g/mol. The van der Waals surface area contributed by atoms with Crippen molar-refractivity contribution < 1.29 is 14.7 Å². The molecule has 0 unspecified atom stereocenters. The fourth-order valence-corrected chi connectivity index (χ4v) is 4.32. The number of amides is 1. The van der Waals surface area contributed by atoms with Crippen molar-refractivity contribution in [1.29, 1.82) is 0 Å². The van der Waals surface area contributed by atoms with E-state index < -0.39 is 11.9 Å². The number of rotatable bonds is 5. The van der Waals surface area contributed by atoms with Gasteiger partial charge in [-0.2, -0.15) is 0 Å². The molecule has 2 heterocycles. The normalized spacial score (nSPS) is 19.2. The Labute approximate surface area is 164 Å². The van der Waals surface area contributed by atoms with E-state index in [1.807, 2.05) is 49.5 Å². The first-order valence-electron chi connectivity index (χ1n) is 9.63. The number of carbonyl (C=O) groups excluding carboxylic acids is 1. The van der Waals surface area contributed by atoms with Gasteiger partial charge in [-0.05, 0) is 23.6 Å². The van der Waals surface area contributed by atoms with Gasteiger partial charge in [0.15, 0.2) is 0 Å². The standard InChI is InChI=1S/C23H24N2O3/c1-24-13-17(18-9-5-6-10-21(18)24)11-12-22(26)25-14-19(20(15-25)23(27)28)16-7-3-2-4-8-16/h2-10,13,19-20H,11-12,14-15H2,1H3,(H,27,28)/t19-,20-/m0/s1. The minimum absolute atomic E-state index is 0.0256. The van der Waals surface area contributed by atoms with Crippen LogP contribution in [0.3, 0.4) is 0 Å². The van der Waals surface area contributed by atoms with E-state index in [1.54, 1.807) is 4.90 Å². The van der Waals surface area contributed by atoms with Crippen LogP contribution in [-0.2, 0) is 23.1 Å². The Morgan fingerprint density at radius 1 is 1.04 bits per heavy atom. The third-order valence-corrected chi connectivity index (χ3v) is 5.81. The zero-order chi connectivity index (χ0) is 19.7. The molecule has 4 rings (SSSR count). The molecule has 1 aliphatic heterocycles. The quantitative estimate of drug-likeness (QED) is 0.742. The highest BCUT2D eigenvalue weighted by atomic mass is 16.4. The molecule has 1 aliphatic rings. The Morgan fingerprint density at radius 3 is 2.50 bits per heavy atom. The first kappa shape index (κ1) is 18.3. The maximum absolute atomic E-state index is 12.8. The summed E-state index contributed by atoms with van der Waals surface area (Å²) in [6, 6.07) is 17.8. The largest absolute Gasteiger partial charge is 0.481 e. The van der Waals surface area contributed by atoms with E-state index in [2.05, 4.69) is 22.9 Å². The lowest BCUT2D eigenvalue weighted by molar-refractivity contribution is -0.141. The molecule has 0 bridgehead atoms. The second-order valence-corrected chi connectivity index (χ2v) is 7.54. The fourth-order valence-electron chi connectivity index (χ4n) is 4.32. The number of carboxylic acid groups (broad SMARTS) is 1. The smallest absolute Gasteiger partial charge is 0.308 e. The topological polar surface area (TPSA) is 62.5 Å². The minimum atomic E-state index is -0.835. The van der Waals surface area contributed by atoms with Crippen LogP contribution in [0.5, 0.6) is 0 Å². The van der Waals surface area contributed by atoms with Crippen molar-refractivity contribution >= 4 is 22.8 Å². The van der Waals surface area contributed by atoms with Crippen LogP contribution in [0, 0.1) is 5.92 Å². The van der Waals surface area contributed by atoms with Crippen molar-refractivity contribution in [3.05, 3.63) is 71.9 Å². The molecule has 1 saturated heterocycles. The highest BCUT2D eigenvalue weighted by molar-refractivity contribution is 5.85. The van der Waals surface area contributed by atoms with Gasteiger partial charge in [-0.3, -0.25) is 9.59 Å². The third kappa shape index (κ3) is 3.40. The lowest BCUT2D eigenvalue weighted by atomic mass is 9.89. The fraction of sp³-hybridized carbons (Fsp3) is 0.304. The van der Waals surface area contributed by atoms with E-state index in [-0.39, 0.29) is 18.4 Å². The van der Waals surface area contributed by atoms with E-state index in [9.17, 15) is 14.7 Å². The summed E-state index contributed by atoms with van der Waals surface area (Å²) in [5, 5.41) is 10.8. The Balaban J connectivity index is 1.47. The average molecular weight is 376 g/mol. The van der Waals surface area contributed by atoms with Crippen LogP contribution in [0.1, 0.15) is 23.5 Å². The molecule has 1 amide bonds. The molecule has 0 saturated carbocycles. The summed E-state index contributed by atoms with van der Waals surface area (Å²) in [6.45, 7) is 0.749. The van der Waals surface area contributed by atoms with Gasteiger partial charge in [-0.1, -0.05) is 48.5 Å². The number of aryl methyl sites for hydroxylation is 2. The van der Waals surface area contributed by atoms with Gasteiger partial charge < -0.3 is 14.6 Å². The summed E-state index contributed by atoms with van der Waals surface area (Å²) in [5.74, 6) is -1.51. The predicted octanol–water partition coefficient (Wildman–Crippen LogP) is 3.44. The van der Waals surface area contributed by atoms with E-state index in [4.69, 9.17) is 0 Å². The molecule has 2 atom stereocenters. The molecule has 1 aromatic heterocycles. The Bertz CT molecular complexity index is 1010. The zero-order valence-corrected chi connectivity index (χ0v) is 15.9. The molecule has 0 radical (unpaired) electrons. The van der Waals surface area contributed by atoms with Gasteiger partial charge in [-0.25, -0.2) is 0 Å². The molecule has 28 heavy (non-hydrogen) atoms.